The number of alkyl halides is 17. The summed E-state index contributed by atoms with van der Waals surface area (Å²) < 4.78 is 247. The molecule has 25 heteroatoms. The summed E-state index contributed by atoms with van der Waals surface area (Å²) in [6.07, 6.45) is -11.1. The lowest BCUT2D eigenvalue weighted by molar-refractivity contribution is -0.458. The van der Waals surface area contributed by atoms with Crippen molar-refractivity contribution in [2.45, 2.75) is 65.8 Å². The van der Waals surface area contributed by atoms with Crippen LogP contribution >= 0.6 is 0 Å². The highest BCUT2D eigenvalue weighted by Crippen LogP contribution is 2.64. The largest absolute Gasteiger partial charge is 0.481 e. The third kappa shape index (κ3) is 5.13. The molecule has 0 rings (SSSR count). The van der Waals surface area contributed by atoms with Gasteiger partial charge in [0.2, 0.25) is 0 Å². The van der Waals surface area contributed by atoms with Crippen molar-refractivity contribution in [2.24, 2.45) is 0 Å². The van der Waals surface area contributed by atoms with Crippen LogP contribution in [0, 0.1) is 0 Å². The van der Waals surface area contributed by atoms with E-state index < -0.39 is 87.8 Å². The summed E-state index contributed by atoms with van der Waals surface area (Å²) in [5.74, 6) is -57.5. The van der Waals surface area contributed by atoms with Gasteiger partial charge in [0.1, 0.15) is 6.04 Å². The van der Waals surface area contributed by atoms with Gasteiger partial charge in [-0.15, -0.1) is 0 Å². The summed E-state index contributed by atoms with van der Waals surface area (Å²) >= 11 is 0. The maximum absolute atomic E-state index is 13.9. The van der Waals surface area contributed by atoms with Gasteiger partial charge in [0, 0.05) is 6.42 Å². The minimum atomic E-state index is -9.03. The highest BCUT2D eigenvalue weighted by atomic mass is 32.2. The Labute approximate surface area is 196 Å². The Morgan fingerprint density at radius 1 is 0.605 bits per heavy atom. The van der Waals surface area contributed by atoms with E-state index in [1.54, 1.807) is 0 Å². The minimum absolute atomic E-state index is 0.0721. The number of aliphatic carboxylic acids is 2. The molecule has 38 heavy (non-hydrogen) atoms. The number of carboxylic acid groups (broad SMARTS) is 2. The Morgan fingerprint density at radius 3 is 1.21 bits per heavy atom. The van der Waals surface area contributed by atoms with Gasteiger partial charge < -0.3 is 10.2 Å². The first kappa shape index (κ1) is 35.7. The molecule has 0 spiro atoms. The summed E-state index contributed by atoms with van der Waals surface area (Å²) in [7, 11) is -7.87. The normalized spacial score (nSPS) is 16.3. The third-order valence-electron chi connectivity index (χ3n) is 4.27. The second kappa shape index (κ2) is 9.69. The van der Waals surface area contributed by atoms with Gasteiger partial charge in [-0.1, -0.05) is 0 Å². The molecule has 0 saturated heterocycles. The molecule has 0 aliphatic carbocycles. The van der Waals surface area contributed by atoms with E-state index in [9.17, 15) is 92.6 Å². The quantitative estimate of drug-likeness (QED) is 0.263. The van der Waals surface area contributed by atoms with Crippen LogP contribution in [0.1, 0.15) is 12.8 Å². The first-order chi connectivity index (χ1) is 16.2. The van der Waals surface area contributed by atoms with Crippen molar-refractivity contribution < 1.29 is 103 Å². The maximum Gasteiger partial charge on any atom is 0.460 e. The number of sulfonamides is 1. The standard InChI is InChI=1S/C13H8F17NO6S/c14-6(15,8(18,19)10(22,23)12(26,27)28)7(16,17)9(20,21)11(24,25)13(29,30)38(36,37)31-3(5(34)35)1-2-4(32)33/h3,31H,1-2H2,(H,32,33)(H,34,35). The second-order valence-corrected chi connectivity index (χ2v) is 8.66. The van der Waals surface area contributed by atoms with Gasteiger partial charge >= 0.3 is 58.9 Å². The summed E-state index contributed by atoms with van der Waals surface area (Å²) in [5, 5.41) is 8.92. The van der Waals surface area contributed by atoms with Crippen molar-refractivity contribution in [3.8, 4) is 0 Å². The maximum atomic E-state index is 13.9. The van der Waals surface area contributed by atoms with Crippen LogP contribution in [0.2, 0.25) is 0 Å². The number of carboxylic acids is 2. The van der Waals surface area contributed by atoms with Crippen LogP contribution in [0.3, 0.4) is 0 Å². The van der Waals surface area contributed by atoms with Gasteiger partial charge in [-0.05, 0) is 6.42 Å². The van der Waals surface area contributed by atoms with E-state index in [1.807, 2.05) is 0 Å². The zero-order chi connectivity index (χ0) is 31.4. The summed E-state index contributed by atoms with van der Waals surface area (Å²) in [4.78, 5) is 21.1. The van der Waals surface area contributed by atoms with E-state index in [-0.39, 0.29) is 4.72 Å². The lowest BCUT2D eigenvalue weighted by Gasteiger charge is -2.42. The number of nitrogens with one attached hydrogen (secondary N) is 1. The van der Waals surface area contributed by atoms with Crippen LogP contribution in [-0.4, -0.2) is 83.6 Å². The van der Waals surface area contributed by atoms with E-state index >= 15 is 0 Å². The molecule has 3 N–H and O–H groups in total. The van der Waals surface area contributed by atoms with Crippen molar-refractivity contribution in [1.29, 1.82) is 0 Å². The van der Waals surface area contributed by atoms with Crippen molar-refractivity contribution in [3.63, 3.8) is 0 Å². The Hall–Kier alpha value is -2.34. The van der Waals surface area contributed by atoms with Gasteiger partial charge in [0.05, 0.1) is 0 Å². The third-order valence-corrected chi connectivity index (χ3v) is 5.80. The molecule has 0 aliphatic heterocycles. The minimum Gasteiger partial charge on any atom is -0.481 e. The highest BCUT2D eigenvalue weighted by Gasteiger charge is 2.96. The molecule has 0 aliphatic rings. The van der Waals surface area contributed by atoms with E-state index in [4.69, 9.17) is 10.2 Å². The predicted octanol–water partition coefficient (Wildman–Crippen LogP) is 4.19. The number of hydrogen-bond donors (Lipinski definition) is 3. The monoisotopic (exact) mass is 629 g/mol. The number of rotatable bonds is 13. The molecule has 1 unspecified atom stereocenters. The van der Waals surface area contributed by atoms with Crippen LogP contribution < -0.4 is 4.72 Å². The Bertz CT molecular complexity index is 1020. The predicted molar refractivity (Wildman–Crippen MR) is 81.0 cm³/mol. The molecule has 0 radical (unpaired) electrons. The number of halogens is 17. The Balaban J connectivity index is 6.87. The summed E-state index contributed by atoms with van der Waals surface area (Å²) in [5.41, 5.74) is 0. The molecule has 0 aromatic rings. The van der Waals surface area contributed by atoms with Crippen LogP contribution in [0.5, 0.6) is 0 Å². The fourth-order valence-corrected chi connectivity index (χ4v) is 3.29. The molecule has 0 fully saturated rings. The zero-order valence-electron chi connectivity index (χ0n) is 16.9. The molecule has 0 heterocycles. The molecule has 0 aromatic heterocycles. The lowest BCUT2D eigenvalue weighted by atomic mass is 9.91. The zero-order valence-corrected chi connectivity index (χ0v) is 17.7. The SMILES string of the molecule is O=C(O)CCC(NS(=O)(=O)C(F)(F)C(F)(F)C(F)(F)C(F)(F)C(F)(F)C(F)(F)C(F)(F)C(F)(F)F)C(=O)O. The van der Waals surface area contributed by atoms with E-state index in [0.29, 0.717) is 0 Å². The van der Waals surface area contributed by atoms with Gasteiger partial charge in [0.15, 0.2) is 0 Å². The molecular formula is C13H8F17NO6S. The number of hydrogen-bond acceptors (Lipinski definition) is 4. The van der Waals surface area contributed by atoms with Crippen LogP contribution in [0.4, 0.5) is 74.6 Å². The Kier molecular flexibility index (Phi) is 9.09. The van der Waals surface area contributed by atoms with E-state index in [0.717, 1.165) is 0 Å². The summed E-state index contributed by atoms with van der Waals surface area (Å²) in [6, 6.07) is -3.26. The molecular weight excluding hydrogens is 621 g/mol. The van der Waals surface area contributed by atoms with Crippen molar-refractivity contribution in [2.75, 3.05) is 0 Å². The number of carbonyl (C=O) groups is 2. The topological polar surface area (TPSA) is 121 Å². The molecule has 0 saturated carbocycles. The van der Waals surface area contributed by atoms with Crippen molar-refractivity contribution in [1.82, 2.24) is 4.72 Å². The van der Waals surface area contributed by atoms with E-state index in [1.165, 1.54) is 0 Å². The average molecular weight is 629 g/mol. The smallest absolute Gasteiger partial charge is 0.460 e. The Morgan fingerprint density at radius 2 is 0.921 bits per heavy atom. The first-order valence-electron chi connectivity index (χ1n) is 8.40. The molecule has 0 amide bonds. The van der Waals surface area contributed by atoms with Gasteiger partial charge in [-0.2, -0.15) is 79.4 Å². The van der Waals surface area contributed by atoms with Gasteiger partial charge in [-0.3, -0.25) is 9.59 Å². The fourth-order valence-electron chi connectivity index (χ4n) is 2.08. The molecule has 7 nitrogen and oxygen atoms in total. The second-order valence-electron chi connectivity index (χ2n) is 6.91. The van der Waals surface area contributed by atoms with Crippen molar-refractivity contribution >= 4 is 22.0 Å². The molecule has 1 atom stereocenters. The van der Waals surface area contributed by atoms with Gasteiger partial charge in [-0.25, -0.2) is 8.42 Å². The van der Waals surface area contributed by atoms with E-state index in [2.05, 4.69) is 0 Å². The summed E-state index contributed by atoms with van der Waals surface area (Å²) in [6.45, 7) is 0. The highest BCUT2D eigenvalue weighted by molar-refractivity contribution is 7.90. The molecule has 0 aromatic carbocycles. The fraction of sp³-hybridized carbons (Fsp3) is 0.846. The van der Waals surface area contributed by atoms with Crippen LogP contribution in [0.15, 0.2) is 0 Å². The average Bonchev–Trinajstić information content (AvgIpc) is 2.68. The van der Waals surface area contributed by atoms with Crippen LogP contribution in [0.25, 0.3) is 0 Å². The lowest BCUT2D eigenvalue weighted by Crippen LogP contribution is -2.75. The van der Waals surface area contributed by atoms with Crippen LogP contribution in [-0.2, 0) is 19.6 Å². The molecule has 0 bridgehead atoms. The first-order valence-corrected chi connectivity index (χ1v) is 9.88. The van der Waals surface area contributed by atoms with Gasteiger partial charge in [0.25, 0.3) is 10.0 Å². The molecule has 226 valence electrons. The van der Waals surface area contributed by atoms with Crippen molar-refractivity contribution in [3.05, 3.63) is 0 Å².